The predicted octanol–water partition coefficient (Wildman–Crippen LogP) is 2.97. The Morgan fingerprint density at radius 1 is 1.17 bits per heavy atom. The highest BCUT2D eigenvalue weighted by atomic mass is 19.1. The number of nitrogens with one attached hydrogen (secondary N) is 1. The highest BCUT2D eigenvalue weighted by Gasteiger charge is 2.13. The van der Waals surface area contributed by atoms with Crippen molar-refractivity contribution in [3.05, 3.63) is 59.4 Å². The third kappa shape index (κ3) is 2.32. The molecule has 0 heterocycles. The molecular weight excluding hydrogens is 231 g/mol. The van der Waals surface area contributed by atoms with Crippen molar-refractivity contribution >= 4 is 17.3 Å². The first kappa shape index (κ1) is 12.1. The molecule has 1 amide bonds. The number of amides is 1. The van der Waals surface area contributed by atoms with Gasteiger partial charge in [0.1, 0.15) is 5.82 Å². The lowest BCUT2D eigenvalue weighted by Gasteiger charge is -2.10. The average Bonchev–Trinajstić information content (AvgIpc) is 2.32. The fraction of sp³-hybridized carbons (Fsp3) is 0.0714. The third-order valence-electron chi connectivity index (χ3n) is 2.65. The molecular formula is C14H13FN2O. The second-order valence-corrected chi connectivity index (χ2v) is 3.97. The van der Waals surface area contributed by atoms with E-state index in [0.29, 0.717) is 11.3 Å². The number of benzene rings is 2. The van der Waals surface area contributed by atoms with Crippen LogP contribution >= 0.6 is 0 Å². The van der Waals surface area contributed by atoms with Gasteiger partial charge in [0.15, 0.2) is 0 Å². The van der Waals surface area contributed by atoms with Crippen LogP contribution in [-0.2, 0) is 0 Å². The van der Waals surface area contributed by atoms with Gasteiger partial charge >= 0.3 is 0 Å². The van der Waals surface area contributed by atoms with Crippen molar-refractivity contribution in [1.82, 2.24) is 0 Å². The van der Waals surface area contributed by atoms with Gasteiger partial charge in [0.05, 0.1) is 11.3 Å². The third-order valence-corrected chi connectivity index (χ3v) is 2.65. The average molecular weight is 244 g/mol. The molecule has 2 rings (SSSR count). The van der Waals surface area contributed by atoms with Crippen molar-refractivity contribution < 1.29 is 9.18 Å². The molecule has 2 aromatic carbocycles. The van der Waals surface area contributed by atoms with Crippen LogP contribution in [-0.4, -0.2) is 5.91 Å². The Morgan fingerprint density at radius 3 is 2.56 bits per heavy atom. The molecule has 0 aliphatic heterocycles. The van der Waals surface area contributed by atoms with Crippen LogP contribution in [0.1, 0.15) is 15.9 Å². The number of anilines is 2. The quantitative estimate of drug-likeness (QED) is 0.798. The van der Waals surface area contributed by atoms with Crippen LogP contribution in [0, 0.1) is 12.7 Å². The molecule has 3 N–H and O–H groups in total. The molecule has 4 heteroatoms. The van der Waals surface area contributed by atoms with Crippen molar-refractivity contribution in [2.24, 2.45) is 0 Å². The van der Waals surface area contributed by atoms with Crippen LogP contribution in [0.15, 0.2) is 42.5 Å². The van der Waals surface area contributed by atoms with Crippen LogP contribution in [0.3, 0.4) is 0 Å². The molecule has 0 aromatic heterocycles. The van der Waals surface area contributed by atoms with Crippen LogP contribution in [0.25, 0.3) is 0 Å². The highest BCUT2D eigenvalue weighted by Crippen LogP contribution is 2.19. The van der Waals surface area contributed by atoms with Crippen LogP contribution in [0.5, 0.6) is 0 Å². The minimum absolute atomic E-state index is 0.144. The molecule has 0 saturated carbocycles. The summed E-state index contributed by atoms with van der Waals surface area (Å²) in [6.07, 6.45) is 0. The van der Waals surface area contributed by atoms with Crippen molar-refractivity contribution in [3.8, 4) is 0 Å². The number of nitrogen functional groups attached to an aromatic ring is 1. The van der Waals surface area contributed by atoms with Crippen LogP contribution < -0.4 is 11.1 Å². The summed E-state index contributed by atoms with van der Waals surface area (Å²) < 4.78 is 13.4. The SMILES string of the molecule is Cc1cccc(N)c1C(=O)Nc1ccccc1F. The summed E-state index contributed by atoms with van der Waals surface area (Å²) >= 11 is 0. The molecule has 0 saturated heterocycles. The predicted molar refractivity (Wildman–Crippen MR) is 69.9 cm³/mol. The molecule has 2 aromatic rings. The van der Waals surface area contributed by atoms with E-state index in [0.717, 1.165) is 5.56 Å². The number of halogens is 1. The number of carbonyl (C=O) groups is 1. The zero-order chi connectivity index (χ0) is 13.1. The van der Waals surface area contributed by atoms with E-state index in [4.69, 9.17) is 5.73 Å². The number of rotatable bonds is 2. The summed E-state index contributed by atoms with van der Waals surface area (Å²) in [5, 5.41) is 2.51. The topological polar surface area (TPSA) is 55.1 Å². The van der Waals surface area contributed by atoms with E-state index in [9.17, 15) is 9.18 Å². The minimum Gasteiger partial charge on any atom is -0.398 e. The number of aryl methyl sites for hydroxylation is 1. The van der Waals surface area contributed by atoms with Gasteiger partial charge in [-0.25, -0.2) is 4.39 Å². The van der Waals surface area contributed by atoms with Crippen LogP contribution in [0.2, 0.25) is 0 Å². The number of nitrogens with two attached hydrogens (primary N) is 1. The number of hydrogen-bond acceptors (Lipinski definition) is 2. The van der Waals surface area contributed by atoms with Gasteiger partial charge in [0.25, 0.3) is 5.91 Å². The van der Waals surface area contributed by atoms with Gasteiger partial charge in [-0.3, -0.25) is 4.79 Å². The molecule has 0 aliphatic carbocycles. The van der Waals surface area contributed by atoms with Gasteiger partial charge in [-0.05, 0) is 30.7 Å². The molecule has 0 radical (unpaired) electrons. The van der Waals surface area contributed by atoms with Gasteiger partial charge in [-0.15, -0.1) is 0 Å². The summed E-state index contributed by atoms with van der Waals surface area (Å²) in [7, 11) is 0. The summed E-state index contributed by atoms with van der Waals surface area (Å²) in [6.45, 7) is 1.78. The summed E-state index contributed by atoms with van der Waals surface area (Å²) in [6, 6.07) is 11.2. The van der Waals surface area contributed by atoms with Crippen molar-refractivity contribution in [1.29, 1.82) is 0 Å². The molecule has 0 spiro atoms. The maximum atomic E-state index is 13.4. The van der Waals surface area contributed by atoms with Gasteiger partial charge < -0.3 is 11.1 Å². The smallest absolute Gasteiger partial charge is 0.258 e. The molecule has 3 nitrogen and oxygen atoms in total. The summed E-state index contributed by atoms with van der Waals surface area (Å²) in [5.41, 5.74) is 7.41. The Labute approximate surface area is 104 Å². The lowest BCUT2D eigenvalue weighted by atomic mass is 10.1. The Balaban J connectivity index is 2.31. The summed E-state index contributed by atoms with van der Waals surface area (Å²) in [4.78, 5) is 12.1. The van der Waals surface area contributed by atoms with E-state index in [-0.39, 0.29) is 5.69 Å². The maximum Gasteiger partial charge on any atom is 0.258 e. The fourth-order valence-electron chi connectivity index (χ4n) is 1.75. The second-order valence-electron chi connectivity index (χ2n) is 3.97. The normalized spacial score (nSPS) is 10.1. The van der Waals surface area contributed by atoms with Crippen molar-refractivity contribution in [2.75, 3.05) is 11.1 Å². The molecule has 0 fully saturated rings. The Bertz CT molecular complexity index is 576. The first-order chi connectivity index (χ1) is 8.59. The van der Waals surface area contributed by atoms with E-state index >= 15 is 0 Å². The van der Waals surface area contributed by atoms with E-state index in [1.54, 1.807) is 37.3 Å². The van der Waals surface area contributed by atoms with E-state index in [1.807, 2.05) is 0 Å². The molecule has 0 bridgehead atoms. The van der Waals surface area contributed by atoms with Gasteiger partial charge in [-0.1, -0.05) is 24.3 Å². The Hall–Kier alpha value is -2.36. The van der Waals surface area contributed by atoms with Crippen molar-refractivity contribution in [2.45, 2.75) is 6.92 Å². The molecule has 0 aliphatic rings. The van der Waals surface area contributed by atoms with E-state index < -0.39 is 11.7 Å². The standard InChI is InChI=1S/C14H13FN2O/c1-9-5-4-7-11(16)13(9)14(18)17-12-8-3-2-6-10(12)15/h2-8H,16H2,1H3,(H,17,18). The second kappa shape index (κ2) is 4.87. The van der Waals surface area contributed by atoms with Gasteiger partial charge in [-0.2, -0.15) is 0 Å². The lowest BCUT2D eigenvalue weighted by molar-refractivity contribution is 0.102. The maximum absolute atomic E-state index is 13.4. The van der Waals surface area contributed by atoms with Crippen molar-refractivity contribution in [3.63, 3.8) is 0 Å². The zero-order valence-corrected chi connectivity index (χ0v) is 9.91. The number of para-hydroxylation sites is 1. The zero-order valence-electron chi connectivity index (χ0n) is 9.91. The fourth-order valence-corrected chi connectivity index (χ4v) is 1.75. The van der Waals surface area contributed by atoms with Gasteiger partial charge in [0, 0.05) is 5.69 Å². The number of hydrogen-bond donors (Lipinski definition) is 2. The molecule has 18 heavy (non-hydrogen) atoms. The first-order valence-electron chi connectivity index (χ1n) is 5.50. The van der Waals surface area contributed by atoms with E-state index in [2.05, 4.69) is 5.32 Å². The first-order valence-corrected chi connectivity index (χ1v) is 5.50. The lowest BCUT2D eigenvalue weighted by Crippen LogP contribution is -2.16. The van der Waals surface area contributed by atoms with Crippen LogP contribution in [0.4, 0.5) is 15.8 Å². The molecule has 0 atom stereocenters. The highest BCUT2D eigenvalue weighted by molar-refractivity contribution is 6.08. The van der Waals surface area contributed by atoms with E-state index in [1.165, 1.54) is 12.1 Å². The number of carbonyl (C=O) groups excluding carboxylic acids is 1. The molecule has 92 valence electrons. The summed E-state index contributed by atoms with van der Waals surface area (Å²) in [5.74, 6) is -0.881. The Kier molecular flexibility index (Phi) is 3.28. The largest absolute Gasteiger partial charge is 0.398 e. The Morgan fingerprint density at radius 2 is 1.89 bits per heavy atom. The molecule has 0 unspecified atom stereocenters. The monoisotopic (exact) mass is 244 g/mol. The van der Waals surface area contributed by atoms with Gasteiger partial charge in [0.2, 0.25) is 0 Å². The minimum atomic E-state index is -0.474.